The van der Waals surface area contributed by atoms with Gasteiger partial charge in [-0.3, -0.25) is 0 Å². The minimum absolute atomic E-state index is 0.177. The third-order valence-corrected chi connectivity index (χ3v) is 4.21. The topological polar surface area (TPSA) is 51.8 Å². The van der Waals surface area contributed by atoms with E-state index in [9.17, 15) is 4.39 Å². The van der Waals surface area contributed by atoms with Crippen molar-refractivity contribution in [3.05, 3.63) is 46.5 Å². The number of hydrogen-bond acceptors (Lipinski definition) is 4. The minimum atomic E-state index is -0.288. The van der Waals surface area contributed by atoms with E-state index in [1.54, 1.807) is 6.07 Å². The van der Waals surface area contributed by atoms with Crippen LogP contribution in [0.25, 0.3) is 0 Å². The first kappa shape index (κ1) is 14.9. The maximum atomic E-state index is 14.0. The molecule has 2 rings (SSSR count). The van der Waals surface area contributed by atoms with Gasteiger partial charge >= 0.3 is 0 Å². The Hall–Kier alpha value is -1.46. The fraction of sp³-hybridized carbons (Fsp3) is 0.333. The molecule has 106 valence electrons. The normalized spacial score (nSPS) is 12.5. The average molecular weight is 291 g/mol. The summed E-state index contributed by atoms with van der Waals surface area (Å²) in [6.07, 6.45) is 0. The second-order valence-corrected chi connectivity index (χ2v) is 5.89. The van der Waals surface area contributed by atoms with Gasteiger partial charge < -0.3 is 5.73 Å². The molecule has 0 saturated heterocycles. The Morgan fingerprint density at radius 1 is 1.15 bits per heavy atom. The number of aryl methyl sites for hydroxylation is 2. The summed E-state index contributed by atoms with van der Waals surface area (Å²) in [5.74, 6) is -0.288. The number of benzene rings is 1. The van der Waals surface area contributed by atoms with E-state index in [0.717, 1.165) is 22.5 Å². The molecule has 1 aromatic heterocycles. The van der Waals surface area contributed by atoms with Crippen LogP contribution < -0.4 is 5.73 Å². The van der Waals surface area contributed by atoms with Gasteiger partial charge in [-0.15, -0.1) is 0 Å². The summed E-state index contributed by atoms with van der Waals surface area (Å²) >= 11 is 1.23. The minimum Gasteiger partial charge on any atom is -0.324 e. The van der Waals surface area contributed by atoms with Gasteiger partial charge in [0.05, 0.1) is 4.90 Å². The van der Waals surface area contributed by atoms with Gasteiger partial charge in [-0.2, -0.15) is 0 Å². The molecule has 0 bridgehead atoms. The van der Waals surface area contributed by atoms with Crippen LogP contribution in [-0.2, 0) is 0 Å². The highest BCUT2D eigenvalue weighted by atomic mass is 32.2. The number of nitrogens with zero attached hydrogens (tertiary/aromatic N) is 2. The maximum Gasteiger partial charge on any atom is 0.192 e. The van der Waals surface area contributed by atoms with Crippen LogP contribution in [0.3, 0.4) is 0 Å². The van der Waals surface area contributed by atoms with Gasteiger partial charge in [-0.25, -0.2) is 14.4 Å². The highest BCUT2D eigenvalue weighted by Gasteiger charge is 2.11. The average Bonchev–Trinajstić information content (AvgIpc) is 2.38. The summed E-state index contributed by atoms with van der Waals surface area (Å²) in [5.41, 5.74) is 9.44. The largest absolute Gasteiger partial charge is 0.324 e. The second-order valence-electron chi connectivity index (χ2n) is 4.88. The molecule has 2 N–H and O–H groups in total. The van der Waals surface area contributed by atoms with Gasteiger partial charge in [-0.1, -0.05) is 6.07 Å². The van der Waals surface area contributed by atoms with Crippen LogP contribution in [0.4, 0.5) is 4.39 Å². The third kappa shape index (κ3) is 3.16. The van der Waals surface area contributed by atoms with Crippen molar-refractivity contribution in [2.45, 2.75) is 43.8 Å². The molecular weight excluding hydrogens is 273 g/mol. The van der Waals surface area contributed by atoms with Gasteiger partial charge in [0.2, 0.25) is 0 Å². The molecule has 0 amide bonds. The molecule has 0 radical (unpaired) electrons. The first-order valence-corrected chi connectivity index (χ1v) is 7.25. The lowest BCUT2D eigenvalue weighted by Crippen LogP contribution is -2.05. The van der Waals surface area contributed by atoms with Crippen molar-refractivity contribution in [1.82, 2.24) is 9.97 Å². The Balaban J connectivity index is 2.31. The van der Waals surface area contributed by atoms with Crippen molar-refractivity contribution in [3.63, 3.8) is 0 Å². The summed E-state index contributed by atoms with van der Waals surface area (Å²) < 4.78 is 14.0. The molecule has 1 heterocycles. The molecule has 20 heavy (non-hydrogen) atoms. The Morgan fingerprint density at radius 2 is 1.75 bits per heavy atom. The van der Waals surface area contributed by atoms with Gasteiger partial charge in [-0.05, 0) is 62.7 Å². The molecule has 3 nitrogen and oxygen atoms in total. The third-order valence-electron chi connectivity index (χ3n) is 3.30. The van der Waals surface area contributed by atoms with Crippen molar-refractivity contribution >= 4 is 11.8 Å². The second kappa shape index (κ2) is 5.89. The smallest absolute Gasteiger partial charge is 0.192 e. The van der Waals surface area contributed by atoms with Crippen LogP contribution in [0.1, 0.15) is 35.5 Å². The lowest BCUT2D eigenvalue weighted by atomic mass is 10.1. The monoisotopic (exact) mass is 291 g/mol. The summed E-state index contributed by atoms with van der Waals surface area (Å²) in [7, 11) is 0. The Bertz CT molecular complexity index is 618. The molecule has 0 aliphatic rings. The molecular formula is C15H18FN3S. The Morgan fingerprint density at radius 3 is 2.25 bits per heavy atom. The zero-order chi connectivity index (χ0) is 14.9. The van der Waals surface area contributed by atoms with E-state index >= 15 is 0 Å². The lowest BCUT2D eigenvalue weighted by molar-refractivity contribution is 0.596. The quantitative estimate of drug-likeness (QED) is 0.876. The van der Waals surface area contributed by atoms with E-state index in [1.165, 1.54) is 17.8 Å². The highest BCUT2D eigenvalue weighted by molar-refractivity contribution is 7.99. The maximum absolute atomic E-state index is 14.0. The SMILES string of the molecule is Cc1nc(Sc2ccc([C@@H](C)N)cc2F)nc(C)c1C. The van der Waals surface area contributed by atoms with E-state index in [1.807, 2.05) is 33.8 Å². The fourth-order valence-electron chi connectivity index (χ4n) is 1.77. The molecule has 0 aliphatic heterocycles. The highest BCUT2D eigenvalue weighted by Crippen LogP contribution is 2.29. The fourth-order valence-corrected chi connectivity index (χ4v) is 2.62. The van der Waals surface area contributed by atoms with Crippen LogP contribution in [0.15, 0.2) is 28.3 Å². The van der Waals surface area contributed by atoms with Gasteiger partial charge in [0.25, 0.3) is 0 Å². The van der Waals surface area contributed by atoms with Crippen LogP contribution in [-0.4, -0.2) is 9.97 Å². The summed E-state index contributed by atoms with van der Waals surface area (Å²) in [6.45, 7) is 7.68. The van der Waals surface area contributed by atoms with E-state index in [4.69, 9.17) is 5.73 Å². The molecule has 1 atom stereocenters. The number of hydrogen-bond donors (Lipinski definition) is 1. The number of aromatic nitrogens is 2. The summed E-state index contributed by atoms with van der Waals surface area (Å²) in [6, 6.07) is 4.86. The van der Waals surface area contributed by atoms with E-state index < -0.39 is 0 Å². The van der Waals surface area contributed by atoms with Crippen molar-refractivity contribution in [1.29, 1.82) is 0 Å². The molecule has 0 saturated carbocycles. The van der Waals surface area contributed by atoms with E-state index in [2.05, 4.69) is 9.97 Å². The Kier molecular flexibility index (Phi) is 4.40. The van der Waals surface area contributed by atoms with Crippen molar-refractivity contribution in [2.24, 2.45) is 5.73 Å². The summed E-state index contributed by atoms with van der Waals surface area (Å²) in [4.78, 5) is 9.29. The first-order chi connectivity index (χ1) is 9.38. The van der Waals surface area contributed by atoms with E-state index in [0.29, 0.717) is 10.1 Å². The zero-order valence-corrected chi connectivity index (χ0v) is 12.9. The molecule has 5 heteroatoms. The molecule has 0 spiro atoms. The number of rotatable bonds is 3. The van der Waals surface area contributed by atoms with Crippen molar-refractivity contribution < 1.29 is 4.39 Å². The molecule has 0 unspecified atom stereocenters. The standard InChI is InChI=1S/C15H18FN3S/c1-8-10(3)18-15(19-11(8)4)20-14-6-5-12(9(2)17)7-13(14)16/h5-7,9H,17H2,1-4H3/t9-/m1/s1. The molecule has 2 aromatic rings. The van der Waals surface area contributed by atoms with Crippen LogP contribution in [0, 0.1) is 26.6 Å². The van der Waals surface area contributed by atoms with Crippen molar-refractivity contribution in [3.8, 4) is 0 Å². The van der Waals surface area contributed by atoms with Crippen LogP contribution in [0.2, 0.25) is 0 Å². The predicted molar refractivity (Wildman–Crippen MR) is 79.4 cm³/mol. The van der Waals surface area contributed by atoms with Crippen LogP contribution in [0.5, 0.6) is 0 Å². The van der Waals surface area contributed by atoms with E-state index in [-0.39, 0.29) is 11.9 Å². The van der Waals surface area contributed by atoms with Gasteiger partial charge in [0, 0.05) is 17.4 Å². The molecule has 1 aromatic carbocycles. The van der Waals surface area contributed by atoms with Gasteiger partial charge in [0.15, 0.2) is 5.16 Å². The predicted octanol–water partition coefficient (Wildman–Crippen LogP) is 3.71. The molecule has 0 aliphatic carbocycles. The number of nitrogens with two attached hydrogens (primary N) is 1. The van der Waals surface area contributed by atoms with Gasteiger partial charge in [0.1, 0.15) is 5.82 Å². The lowest BCUT2D eigenvalue weighted by Gasteiger charge is -2.09. The summed E-state index contributed by atoms with van der Waals surface area (Å²) in [5, 5.41) is 0.568. The first-order valence-electron chi connectivity index (χ1n) is 6.43. The molecule has 0 fully saturated rings. The zero-order valence-electron chi connectivity index (χ0n) is 12.1. The Labute approximate surface area is 122 Å². The van der Waals surface area contributed by atoms with Crippen LogP contribution >= 0.6 is 11.8 Å². The number of halogens is 1. The van der Waals surface area contributed by atoms with Crippen molar-refractivity contribution in [2.75, 3.05) is 0 Å².